The largest absolute Gasteiger partial charge is 0.761 e. The van der Waals surface area contributed by atoms with E-state index in [4.69, 9.17) is 0 Å². The normalized spacial score (nSPS) is 11.8. The van der Waals surface area contributed by atoms with Crippen molar-refractivity contribution in [2.24, 2.45) is 0 Å². The predicted molar refractivity (Wildman–Crippen MR) is 113 cm³/mol. The van der Waals surface area contributed by atoms with Gasteiger partial charge in [-0.05, 0) is 48.5 Å². The van der Waals surface area contributed by atoms with Crippen LogP contribution in [-0.2, 0) is 11.0 Å². The fourth-order valence-electron chi connectivity index (χ4n) is 2.64. The van der Waals surface area contributed by atoms with E-state index in [9.17, 15) is 13.8 Å². The minimum atomic E-state index is -1.68. The van der Waals surface area contributed by atoms with Gasteiger partial charge in [0.15, 0.2) is 22.6 Å². The van der Waals surface area contributed by atoms with Crippen LogP contribution in [0, 0.1) is 11.0 Å². The van der Waals surface area contributed by atoms with E-state index in [1.165, 1.54) is 18.2 Å². The number of hydrogen-bond acceptors (Lipinski definition) is 6. The van der Waals surface area contributed by atoms with Crippen LogP contribution in [0.5, 0.6) is 0 Å². The lowest BCUT2D eigenvalue weighted by Gasteiger charge is -2.14. The third-order valence-corrected chi connectivity index (χ3v) is 5.15. The van der Waals surface area contributed by atoms with Crippen LogP contribution in [0.2, 0.25) is 0 Å². The van der Waals surface area contributed by atoms with Gasteiger partial charge in [0, 0.05) is 5.69 Å². The molecule has 4 rings (SSSR count). The first-order chi connectivity index (χ1) is 14.1. The monoisotopic (exact) mass is 408 g/mol. The van der Waals surface area contributed by atoms with Gasteiger partial charge in [0.05, 0.1) is 21.6 Å². The Morgan fingerprint density at radius 3 is 2.10 bits per heavy atom. The van der Waals surface area contributed by atoms with Crippen LogP contribution in [0.3, 0.4) is 0 Å². The molecule has 0 fully saturated rings. The number of para-hydroxylation sites is 3. The Morgan fingerprint density at radius 1 is 0.828 bits per heavy atom. The molecule has 0 aliphatic carbocycles. The summed E-state index contributed by atoms with van der Waals surface area (Å²) in [5.74, 6) is -0.00783. The lowest BCUT2D eigenvalue weighted by atomic mass is 10.3. The molecule has 3 aromatic carbocycles. The highest BCUT2D eigenvalue weighted by molar-refractivity contribution is 7.86. The van der Waals surface area contributed by atoms with Crippen molar-refractivity contribution in [3.05, 3.63) is 83.8 Å². The molecular weight excluding hydrogens is 393 g/mol. The zero-order chi connectivity index (χ0) is 20.2. The second-order valence-corrected chi connectivity index (χ2v) is 7.22. The quantitative estimate of drug-likeness (QED) is 0.404. The van der Waals surface area contributed by atoms with Crippen molar-refractivity contribution >= 4 is 45.0 Å². The number of halogens is 1. The number of benzene rings is 3. The molecule has 3 N–H and O–H groups in total. The smallest absolute Gasteiger partial charge is 0.182 e. The van der Waals surface area contributed by atoms with Crippen molar-refractivity contribution < 1.29 is 8.60 Å². The number of aromatic nitrogens is 2. The summed E-state index contributed by atoms with van der Waals surface area (Å²) < 4.78 is 29.7. The van der Waals surface area contributed by atoms with Gasteiger partial charge in [-0.15, -0.1) is 0 Å². The molecule has 1 aromatic heterocycles. The zero-order valence-electron chi connectivity index (χ0n) is 14.9. The summed E-state index contributed by atoms with van der Waals surface area (Å²) in [5, 5.41) is 13.6. The minimum Gasteiger partial charge on any atom is -0.761 e. The minimum absolute atomic E-state index is 0.205. The first-order valence-corrected chi connectivity index (χ1v) is 9.74. The van der Waals surface area contributed by atoms with Crippen molar-refractivity contribution in [1.29, 1.82) is 0 Å². The molecule has 0 aliphatic rings. The van der Waals surface area contributed by atoms with E-state index in [0.29, 0.717) is 21.6 Å². The lowest BCUT2D eigenvalue weighted by Crippen LogP contribution is -2.10. The molecule has 0 radical (unpaired) electrons. The molecule has 4 aromatic rings. The van der Waals surface area contributed by atoms with Crippen molar-refractivity contribution in [2.45, 2.75) is 4.90 Å². The third kappa shape index (κ3) is 4.15. The average Bonchev–Trinajstić information content (AvgIpc) is 2.75. The summed E-state index contributed by atoms with van der Waals surface area (Å²) in [4.78, 5) is 9.42. The summed E-state index contributed by atoms with van der Waals surface area (Å²) in [6.07, 6.45) is 0. The molecule has 0 saturated heterocycles. The van der Waals surface area contributed by atoms with Crippen molar-refractivity contribution in [1.82, 2.24) is 9.97 Å². The molecule has 1 unspecified atom stereocenters. The molecule has 9 heteroatoms. The standard InChI is InChI=1S/C20H15FN5O2S/c21-15-5-1-2-6-16(15)22-19-20(24-18-8-4-3-7-17(18)23-19)26-29(28)14-11-9-13(25-27)10-12-14/h1-12,25H,(H,22,23)(H,24,26)/q-1. The summed E-state index contributed by atoms with van der Waals surface area (Å²) in [6.45, 7) is 0. The number of rotatable bonds is 6. The number of fused-ring (bicyclic) bond motifs is 1. The molecule has 0 aliphatic heterocycles. The van der Waals surface area contributed by atoms with Crippen molar-refractivity contribution in [3.8, 4) is 0 Å². The van der Waals surface area contributed by atoms with Crippen LogP contribution in [0.4, 0.5) is 27.4 Å². The van der Waals surface area contributed by atoms with Crippen molar-refractivity contribution in [2.75, 3.05) is 15.5 Å². The van der Waals surface area contributed by atoms with Gasteiger partial charge in [-0.3, -0.25) is 4.72 Å². The Morgan fingerprint density at radius 2 is 1.45 bits per heavy atom. The van der Waals surface area contributed by atoms with E-state index in [1.54, 1.807) is 47.9 Å². The maximum Gasteiger partial charge on any atom is 0.182 e. The van der Waals surface area contributed by atoms with Crippen LogP contribution in [-0.4, -0.2) is 14.2 Å². The van der Waals surface area contributed by atoms with Crippen LogP contribution in [0.25, 0.3) is 11.0 Å². The fourth-order valence-corrected chi connectivity index (χ4v) is 3.46. The average molecular weight is 408 g/mol. The predicted octanol–water partition coefficient (Wildman–Crippen LogP) is 4.56. The van der Waals surface area contributed by atoms with Gasteiger partial charge >= 0.3 is 0 Å². The first-order valence-electron chi connectivity index (χ1n) is 8.59. The fraction of sp³-hybridized carbons (Fsp3) is 0. The van der Waals surface area contributed by atoms with E-state index < -0.39 is 16.8 Å². The highest BCUT2D eigenvalue weighted by Crippen LogP contribution is 2.27. The highest BCUT2D eigenvalue weighted by atomic mass is 32.2. The Bertz CT molecular complexity index is 1190. The van der Waals surface area contributed by atoms with Crippen LogP contribution >= 0.6 is 0 Å². The molecule has 0 bridgehead atoms. The SMILES string of the molecule is O=S(Nc1nc2ccccc2nc1Nc1ccccc1F)c1ccc(N[O-])cc1. The topological polar surface area (TPSA) is 102 Å². The van der Waals surface area contributed by atoms with E-state index >= 15 is 0 Å². The van der Waals surface area contributed by atoms with Gasteiger partial charge in [0.2, 0.25) is 0 Å². The number of nitrogens with zero attached hydrogens (tertiary/aromatic N) is 2. The molecule has 29 heavy (non-hydrogen) atoms. The lowest BCUT2D eigenvalue weighted by molar-refractivity contribution is 0.632. The Labute approximate surface area is 168 Å². The maximum absolute atomic E-state index is 14.1. The molecule has 146 valence electrons. The van der Waals surface area contributed by atoms with Gasteiger partial charge in [0.25, 0.3) is 0 Å². The molecule has 0 amide bonds. The van der Waals surface area contributed by atoms with Crippen LogP contribution in [0.1, 0.15) is 0 Å². The Kier molecular flexibility index (Phi) is 5.32. The molecule has 0 spiro atoms. The number of nitrogens with one attached hydrogen (secondary N) is 3. The van der Waals surface area contributed by atoms with E-state index in [2.05, 4.69) is 20.0 Å². The van der Waals surface area contributed by atoms with E-state index in [1.807, 2.05) is 12.1 Å². The molecule has 0 saturated carbocycles. The van der Waals surface area contributed by atoms with Gasteiger partial charge in [0.1, 0.15) is 5.82 Å². The number of anilines is 4. The molecule has 7 nitrogen and oxygen atoms in total. The molecular formula is C20H15FN5O2S-. The zero-order valence-corrected chi connectivity index (χ0v) is 15.7. The van der Waals surface area contributed by atoms with Gasteiger partial charge in [-0.1, -0.05) is 24.3 Å². The van der Waals surface area contributed by atoms with Gasteiger partial charge in [-0.2, -0.15) is 0 Å². The van der Waals surface area contributed by atoms with E-state index in [0.717, 1.165) is 0 Å². The number of hydrogen-bond donors (Lipinski definition) is 3. The summed E-state index contributed by atoms with van der Waals surface area (Å²) in [7, 11) is -1.68. The maximum atomic E-state index is 14.1. The Balaban J connectivity index is 1.71. The van der Waals surface area contributed by atoms with Crippen LogP contribution in [0.15, 0.2) is 77.7 Å². The third-order valence-electron chi connectivity index (χ3n) is 4.07. The Hall–Kier alpha value is -3.56. The van der Waals surface area contributed by atoms with Gasteiger partial charge in [-0.25, -0.2) is 18.6 Å². The second-order valence-electron chi connectivity index (χ2n) is 6.01. The second kappa shape index (κ2) is 8.21. The van der Waals surface area contributed by atoms with E-state index in [-0.39, 0.29) is 17.3 Å². The molecule has 1 heterocycles. The summed E-state index contributed by atoms with van der Waals surface area (Å²) >= 11 is 0. The summed E-state index contributed by atoms with van der Waals surface area (Å²) in [6, 6.07) is 19.5. The van der Waals surface area contributed by atoms with Crippen molar-refractivity contribution in [3.63, 3.8) is 0 Å². The van der Waals surface area contributed by atoms with Crippen LogP contribution < -0.4 is 15.5 Å². The first kappa shape index (κ1) is 18.8. The van der Waals surface area contributed by atoms with Gasteiger partial charge < -0.3 is 16.0 Å². The molecule has 1 atom stereocenters. The highest BCUT2D eigenvalue weighted by Gasteiger charge is 2.14. The summed E-state index contributed by atoms with van der Waals surface area (Å²) in [5.41, 5.74) is 3.55.